The number of pyridine rings is 1. The normalized spacial score (nSPS) is 11.6. The van der Waals surface area contributed by atoms with Crippen molar-refractivity contribution in [1.29, 1.82) is 0 Å². The van der Waals surface area contributed by atoms with Crippen LogP contribution in [0.3, 0.4) is 0 Å². The summed E-state index contributed by atoms with van der Waals surface area (Å²) < 4.78 is 43.9. The van der Waals surface area contributed by atoms with Gasteiger partial charge in [-0.1, -0.05) is 12.1 Å². The van der Waals surface area contributed by atoms with Gasteiger partial charge in [0.2, 0.25) is 0 Å². The van der Waals surface area contributed by atoms with E-state index in [0.717, 1.165) is 34.9 Å². The van der Waals surface area contributed by atoms with Gasteiger partial charge in [-0.25, -0.2) is 18.0 Å². The first-order valence-corrected chi connectivity index (χ1v) is 9.49. The van der Waals surface area contributed by atoms with E-state index in [0.29, 0.717) is 0 Å². The van der Waals surface area contributed by atoms with Crippen molar-refractivity contribution in [2.45, 2.75) is 12.5 Å². The zero-order valence-corrected chi connectivity index (χ0v) is 17.1. The lowest BCUT2D eigenvalue weighted by Crippen LogP contribution is -2.36. The maximum absolute atomic E-state index is 15.3. The minimum Gasteiger partial charge on any atom is -0.505 e. The number of carboxylic acid groups (broad SMARTS) is 1. The van der Waals surface area contributed by atoms with Gasteiger partial charge in [0.05, 0.1) is 12.5 Å². The standard InChI is InChI=1S/C22H18F3N3O5/c1-28-7-6-17(29)20(21(28)32)27-22(33)26-16(10-18(30)31)15-9-13(24)8-14(19(15)25)11-2-4-12(23)5-3-11/h2-9,16,29H,10H2,1H3,(H,30,31)(H2,26,27,33)/t16-/m0/s1. The molecule has 0 spiro atoms. The number of amides is 2. The van der Waals surface area contributed by atoms with Crippen LogP contribution in [0.25, 0.3) is 11.1 Å². The molecule has 3 aromatic rings. The van der Waals surface area contributed by atoms with E-state index in [2.05, 4.69) is 10.6 Å². The summed E-state index contributed by atoms with van der Waals surface area (Å²) in [5.74, 6) is -4.50. The van der Waals surface area contributed by atoms with Crippen LogP contribution in [0.15, 0.2) is 53.5 Å². The van der Waals surface area contributed by atoms with E-state index in [1.807, 2.05) is 0 Å². The number of rotatable bonds is 6. The van der Waals surface area contributed by atoms with Gasteiger partial charge in [-0.15, -0.1) is 0 Å². The van der Waals surface area contributed by atoms with Gasteiger partial charge in [-0.2, -0.15) is 0 Å². The van der Waals surface area contributed by atoms with Gasteiger partial charge in [-0.3, -0.25) is 9.59 Å². The summed E-state index contributed by atoms with van der Waals surface area (Å²) in [4.78, 5) is 35.9. The predicted molar refractivity (Wildman–Crippen MR) is 112 cm³/mol. The van der Waals surface area contributed by atoms with Crippen molar-refractivity contribution in [2.75, 3.05) is 5.32 Å². The largest absolute Gasteiger partial charge is 0.505 e. The minimum atomic E-state index is -1.55. The van der Waals surface area contributed by atoms with Crippen LogP contribution in [0, 0.1) is 17.5 Å². The van der Waals surface area contributed by atoms with Crippen LogP contribution in [-0.4, -0.2) is 26.8 Å². The number of aliphatic carboxylic acids is 1. The Balaban J connectivity index is 1.97. The summed E-state index contributed by atoms with van der Waals surface area (Å²) in [6.07, 6.45) is 0.433. The molecule has 0 radical (unpaired) electrons. The highest BCUT2D eigenvalue weighted by molar-refractivity contribution is 5.91. The molecule has 0 aliphatic rings. The van der Waals surface area contributed by atoms with Crippen LogP contribution in [0.2, 0.25) is 0 Å². The Hall–Kier alpha value is -4.28. The Morgan fingerprint density at radius 1 is 1.06 bits per heavy atom. The van der Waals surface area contributed by atoms with Gasteiger partial charge in [0.15, 0.2) is 5.69 Å². The molecule has 3 rings (SSSR count). The molecule has 172 valence electrons. The second kappa shape index (κ2) is 9.47. The highest BCUT2D eigenvalue weighted by Crippen LogP contribution is 2.31. The van der Waals surface area contributed by atoms with E-state index in [1.54, 1.807) is 0 Å². The number of urea groups is 1. The van der Waals surface area contributed by atoms with Crippen LogP contribution < -0.4 is 16.2 Å². The third-order valence-corrected chi connectivity index (χ3v) is 4.77. The Kier molecular flexibility index (Phi) is 6.71. The van der Waals surface area contributed by atoms with Gasteiger partial charge in [0, 0.05) is 24.4 Å². The van der Waals surface area contributed by atoms with Gasteiger partial charge < -0.3 is 25.4 Å². The van der Waals surface area contributed by atoms with E-state index in [4.69, 9.17) is 0 Å². The monoisotopic (exact) mass is 461 g/mol. The molecule has 0 fully saturated rings. The predicted octanol–water partition coefficient (Wildman–Crippen LogP) is 3.51. The fourth-order valence-corrected chi connectivity index (χ4v) is 3.16. The maximum atomic E-state index is 15.3. The second-order valence-electron chi connectivity index (χ2n) is 7.10. The van der Waals surface area contributed by atoms with Gasteiger partial charge in [0.1, 0.15) is 23.2 Å². The Labute approximate surface area is 184 Å². The maximum Gasteiger partial charge on any atom is 0.319 e. The molecule has 0 aliphatic carbocycles. The van der Waals surface area contributed by atoms with Gasteiger partial charge in [-0.05, 0) is 35.9 Å². The number of halogens is 3. The molecule has 0 aliphatic heterocycles. The number of nitrogens with one attached hydrogen (secondary N) is 2. The highest BCUT2D eigenvalue weighted by Gasteiger charge is 2.25. The molecule has 11 heteroatoms. The van der Waals surface area contributed by atoms with Crippen molar-refractivity contribution in [1.82, 2.24) is 9.88 Å². The average Bonchev–Trinajstić information content (AvgIpc) is 2.75. The summed E-state index contributed by atoms with van der Waals surface area (Å²) in [6, 6.07) is 4.59. The summed E-state index contributed by atoms with van der Waals surface area (Å²) in [5, 5.41) is 23.3. The van der Waals surface area contributed by atoms with Gasteiger partial charge >= 0.3 is 12.0 Å². The first kappa shape index (κ1) is 23.4. The molecular weight excluding hydrogens is 443 g/mol. The van der Waals surface area contributed by atoms with Crippen molar-refractivity contribution in [3.05, 3.63) is 82.0 Å². The first-order chi connectivity index (χ1) is 15.6. The molecule has 2 amide bonds. The molecule has 0 saturated heterocycles. The highest BCUT2D eigenvalue weighted by atomic mass is 19.1. The number of hydrogen-bond acceptors (Lipinski definition) is 4. The number of hydrogen-bond donors (Lipinski definition) is 4. The molecular formula is C22H18F3N3O5. The van der Waals surface area contributed by atoms with Crippen LogP contribution in [0.4, 0.5) is 23.7 Å². The van der Waals surface area contributed by atoms with E-state index in [-0.39, 0.29) is 11.1 Å². The number of carboxylic acids is 1. The molecule has 33 heavy (non-hydrogen) atoms. The lowest BCUT2D eigenvalue weighted by Gasteiger charge is -2.20. The van der Waals surface area contributed by atoms with Crippen molar-refractivity contribution in [2.24, 2.45) is 7.05 Å². The Bertz CT molecular complexity index is 1280. The van der Waals surface area contributed by atoms with Crippen LogP contribution >= 0.6 is 0 Å². The lowest BCUT2D eigenvalue weighted by molar-refractivity contribution is -0.137. The molecule has 8 nitrogen and oxygen atoms in total. The number of carbonyl (C=O) groups is 2. The van der Waals surface area contributed by atoms with Crippen molar-refractivity contribution >= 4 is 17.7 Å². The van der Waals surface area contributed by atoms with Crippen LogP contribution in [-0.2, 0) is 11.8 Å². The first-order valence-electron chi connectivity index (χ1n) is 9.49. The van der Waals surface area contributed by atoms with E-state index in [1.165, 1.54) is 25.4 Å². The quantitative estimate of drug-likeness (QED) is 0.448. The van der Waals surface area contributed by atoms with Crippen LogP contribution in [0.5, 0.6) is 5.75 Å². The SMILES string of the molecule is Cn1ccc(O)c(NC(=O)N[C@@H](CC(=O)O)c2cc(F)cc(-c3ccc(F)cc3)c2F)c1=O. The number of aromatic hydroxyl groups is 1. The zero-order chi connectivity index (χ0) is 24.3. The molecule has 1 atom stereocenters. The fraction of sp³-hybridized carbons (Fsp3) is 0.136. The third-order valence-electron chi connectivity index (χ3n) is 4.77. The summed E-state index contributed by atoms with van der Waals surface area (Å²) >= 11 is 0. The zero-order valence-electron chi connectivity index (χ0n) is 17.1. The number of benzene rings is 2. The minimum absolute atomic E-state index is 0.130. The molecule has 0 saturated carbocycles. The average molecular weight is 461 g/mol. The van der Waals surface area contributed by atoms with Crippen molar-refractivity contribution in [3.8, 4) is 16.9 Å². The Morgan fingerprint density at radius 3 is 2.36 bits per heavy atom. The number of carbonyl (C=O) groups excluding carboxylic acids is 1. The molecule has 1 aromatic heterocycles. The Morgan fingerprint density at radius 2 is 1.73 bits per heavy atom. The fourth-order valence-electron chi connectivity index (χ4n) is 3.16. The van der Waals surface area contributed by atoms with Crippen molar-refractivity contribution < 1.29 is 33.0 Å². The summed E-state index contributed by atoms with van der Waals surface area (Å²) in [5.41, 5.74) is -1.85. The topological polar surface area (TPSA) is 121 Å². The number of nitrogens with zero attached hydrogens (tertiary/aromatic N) is 1. The molecule has 0 unspecified atom stereocenters. The van der Waals surface area contributed by atoms with E-state index < -0.39 is 64.5 Å². The van der Waals surface area contributed by atoms with E-state index in [9.17, 15) is 33.4 Å². The number of anilines is 1. The molecule has 0 bridgehead atoms. The smallest absolute Gasteiger partial charge is 0.319 e. The summed E-state index contributed by atoms with van der Waals surface area (Å²) in [7, 11) is 1.37. The van der Waals surface area contributed by atoms with E-state index >= 15 is 4.39 Å². The number of aromatic nitrogens is 1. The second-order valence-corrected chi connectivity index (χ2v) is 7.10. The molecule has 4 N–H and O–H groups in total. The lowest BCUT2D eigenvalue weighted by atomic mass is 9.96. The van der Waals surface area contributed by atoms with Crippen LogP contribution in [0.1, 0.15) is 18.0 Å². The van der Waals surface area contributed by atoms with Gasteiger partial charge in [0.25, 0.3) is 5.56 Å². The third kappa shape index (κ3) is 5.32. The number of aryl methyl sites for hydroxylation is 1. The molecule has 1 heterocycles. The molecule has 2 aromatic carbocycles. The summed E-state index contributed by atoms with van der Waals surface area (Å²) in [6.45, 7) is 0. The van der Waals surface area contributed by atoms with Crippen molar-refractivity contribution in [3.63, 3.8) is 0 Å².